The third-order valence-corrected chi connectivity index (χ3v) is 4.49. The zero-order valence-electron chi connectivity index (χ0n) is 11.5. The molecule has 5 nitrogen and oxygen atoms in total. The van der Waals surface area contributed by atoms with Gasteiger partial charge in [0.2, 0.25) is 0 Å². The van der Waals surface area contributed by atoms with Crippen molar-refractivity contribution in [1.29, 1.82) is 0 Å². The molecule has 2 aliphatic rings. The van der Waals surface area contributed by atoms with Crippen LogP contribution in [0.4, 0.5) is 0 Å². The number of aliphatic carboxylic acids is 1. The van der Waals surface area contributed by atoms with Crippen LogP contribution in [-0.4, -0.2) is 61.6 Å². The van der Waals surface area contributed by atoms with Crippen LogP contribution in [-0.2, 0) is 4.79 Å². The van der Waals surface area contributed by atoms with E-state index in [0.717, 1.165) is 32.5 Å². The predicted molar refractivity (Wildman–Crippen MR) is 75.3 cm³/mol. The first-order chi connectivity index (χ1) is 9.06. The van der Waals surface area contributed by atoms with Gasteiger partial charge in [0.05, 0.1) is 7.85 Å². The fraction of sp³-hybridized carbons (Fsp3) is 0.923. The minimum Gasteiger partial charge on any atom is -0.480 e. The summed E-state index contributed by atoms with van der Waals surface area (Å²) >= 11 is 0. The maximum atomic E-state index is 11.5. The molecule has 2 fully saturated rings. The number of nitrogens with one attached hydrogen (secondary N) is 1. The Bertz CT molecular complexity index is 323. The molecule has 19 heavy (non-hydrogen) atoms. The summed E-state index contributed by atoms with van der Waals surface area (Å²) < 4.78 is 0. The molecule has 0 aliphatic carbocycles. The lowest BCUT2D eigenvalue weighted by Gasteiger charge is -2.25. The summed E-state index contributed by atoms with van der Waals surface area (Å²) in [6, 6.07) is 0.492. The average molecular weight is 265 g/mol. The lowest BCUT2D eigenvalue weighted by Crippen LogP contribution is -2.55. The fourth-order valence-corrected chi connectivity index (χ4v) is 3.36. The highest BCUT2D eigenvalue weighted by atomic mass is 16.4. The van der Waals surface area contributed by atoms with E-state index in [2.05, 4.69) is 10.2 Å². The minimum atomic E-state index is -1.10. The van der Waals surface area contributed by atoms with Gasteiger partial charge in [0, 0.05) is 31.6 Å². The Labute approximate surface area is 116 Å². The number of rotatable bonds is 6. The van der Waals surface area contributed by atoms with E-state index in [1.165, 1.54) is 12.8 Å². The molecule has 0 aromatic carbocycles. The molecule has 2 heterocycles. The van der Waals surface area contributed by atoms with Crippen molar-refractivity contribution in [3.8, 4) is 0 Å². The Morgan fingerprint density at radius 2 is 2.37 bits per heavy atom. The number of likely N-dealkylation sites (tertiary alicyclic amines) is 1. The summed E-state index contributed by atoms with van der Waals surface area (Å²) in [5.41, 5.74) is 5.05. The van der Waals surface area contributed by atoms with Gasteiger partial charge in [0.15, 0.2) is 0 Å². The van der Waals surface area contributed by atoms with Gasteiger partial charge in [-0.15, -0.1) is 0 Å². The van der Waals surface area contributed by atoms with Crippen molar-refractivity contribution < 1.29 is 9.90 Å². The molecule has 2 rings (SSSR count). The molecule has 0 saturated carbocycles. The van der Waals surface area contributed by atoms with Crippen LogP contribution in [0.3, 0.4) is 0 Å². The summed E-state index contributed by atoms with van der Waals surface area (Å²) in [4.78, 5) is 13.7. The number of hydrogen-bond acceptors (Lipinski definition) is 4. The number of carboxylic acid groups (broad SMARTS) is 1. The van der Waals surface area contributed by atoms with Crippen molar-refractivity contribution in [3.63, 3.8) is 0 Å². The Morgan fingerprint density at radius 3 is 2.95 bits per heavy atom. The molecule has 0 aromatic rings. The normalized spacial score (nSPS) is 35.8. The minimum absolute atomic E-state index is 0.00922. The lowest BCUT2D eigenvalue weighted by atomic mass is 9.83. The first-order valence-electron chi connectivity index (χ1n) is 7.24. The standard InChI is InChI=1S/C13H24BN3O2/c14-5-1-3-10-7-17(8-11-4-2-6-16-11)9-13(10,15)12(18)19/h10-11,16H,1-9,15H2,(H,18,19)/t10-,11?,13-/m0/s1. The van der Waals surface area contributed by atoms with E-state index in [-0.39, 0.29) is 5.92 Å². The molecule has 2 aliphatic heterocycles. The highest BCUT2D eigenvalue weighted by Crippen LogP contribution is 2.30. The van der Waals surface area contributed by atoms with Crippen molar-refractivity contribution in [2.45, 2.75) is 43.6 Å². The van der Waals surface area contributed by atoms with E-state index in [4.69, 9.17) is 13.6 Å². The lowest BCUT2D eigenvalue weighted by molar-refractivity contribution is -0.144. The number of carboxylic acids is 1. The van der Waals surface area contributed by atoms with Gasteiger partial charge in [-0.1, -0.05) is 12.7 Å². The highest BCUT2D eigenvalue weighted by Gasteiger charge is 2.49. The van der Waals surface area contributed by atoms with Crippen molar-refractivity contribution in [2.75, 3.05) is 26.2 Å². The van der Waals surface area contributed by atoms with E-state index in [1.807, 2.05) is 0 Å². The van der Waals surface area contributed by atoms with Gasteiger partial charge < -0.3 is 16.2 Å². The summed E-state index contributed by atoms with van der Waals surface area (Å²) in [5, 5.41) is 12.9. The van der Waals surface area contributed by atoms with Crippen LogP contribution >= 0.6 is 0 Å². The Kier molecular flexibility index (Phi) is 4.87. The SMILES string of the molecule is [B]CCC[C@H]1CN(CC2CCCN2)C[C@@]1(N)C(=O)O. The molecule has 106 valence electrons. The molecule has 3 atom stereocenters. The quantitative estimate of drug-likeness (QED) is 0.581. The van der Waals surface area contributed by atoms with Crippen LogP contribution in [0.2, 0.25) is 6.32 Å². The van der Waals surface area contributed by atoms with Gasteiger partial charge in [-0.25, -0.2) is 0 Å². The van der Waals surface area contributed by atoms with Crippen LogP contribution in [0.25, 0.3) is 0 Å². The average Bonchev–Trinajstić information content (AvgIpc) is 2.96. The summed E-state index contributed by atoms with van der Waals surface area (Å²) in [6.07, 6.45) is 4.62. The molecule has 1 unspecified atom stereocenters. The van der Waals surface area contributed by atoms with Crippen molar-refractivity contribution >= 4 is 13.8 Å². The van der Waals surface area contributed by atoms with Gasteiger partial charge in [-0.2, -0.15) is 0 Å². The molecular formula is C13H24BN3O2. The molecule has 2 saturated heterocycles. The Balaban J connectivity index is 1.95. The maximum Gasteiger partial charge on any atom is 0.325 e. The van der Waals surface area contributed by atoms with Crippen LogP contribution < -0.4 is 11.1 Å². The first-order valence-corrected chi connectivity index (χ1v) is 7.24. The third kappa shape index (κ3) is 3.30. The van der Waals surface area contributed by atoms with Gasteiger partial charge in [0.25, 0.3) is 0 Å². The van der Waals surface area contributed by atoms with Crippen LogP contribution in [0.1, 0.15) is 25.7 Å². The number of hydrogen-bond donors (Lipinski definition) is 3. The number of nitrogens with zero attached hydrogens (tertiary/aromatic N) is 1. The zero-order valence-corrected chi connectivity index (χ0v) is 11.5. The van der Waals surface area contributed by atoms with Crippen LogP contribution in [0.15, 0.2) is 0 Å². The van der Waals surface area contributed by atoms with E-state index in [1.54, 1.807) is 0 Å². The molecule has 0 bridgehead atoms. The van der Waals surface area contributed by atoms with Gasteiger partial charge >= 0.3 is 5.97 Å². The van der Waals surface area contributed by atoms with Gasteiger partial charge in [0.1, 0.15) is 5.54 Å². The second-order valence-corrected chi connectivity index (χ2v) is 5.96. The van der Waals surface area contributed by atoms with Crippen molar-refractivity contribution in [2.24, 2.45) is 11.7 Å². The van der Waals surface area contributed by atoms with Crippen LogP contribution in [0.5, 0.6) is 0 Å². The van der Waals surface area contributed by atoms with Gasteiger partial charge in [-0.05, 0) is 25.8 Å². The maximum absolute atomic E-state index is 11.5. The Morgan fingerprint density at radius 1 is 1.58 bits per heavy atom. The fourth-order valence-electron chi connectivity index (χ4n) is 3.36. The number of carbonyl (C=O) groups is 1. The van der Waals surface area contributed by atoms with Crippen LogP contribution in [0, 0.1) is 5.92 Å². The van der Waals surface area contributed by atoms with Crippen molar-refractivity contribution in [1.82, 2.24) is 10.2 Å². The molecule has 0 spiro atoms. The second kappa shape index (κ2) is 6.24. The third-order valence-electron chi connectivity index (χ3n) is 4.49. The molecule has 4 N–H and O–H groups in total. The smallest absolute Gasteiger partial charge is 0.325 e. The highest BCUT2D eigenvalue weighted by molar-refractivity contribution is 6.08. The molecular weight excluding hydrogens is 241 g/mol. The van der Waals surface area contributed by atoms with E-state index < -0.39 is 11.5 Å². The monoisotopic (exact) mass is 265 g/mol. The summed E-state index contributed by atoms with van der Waals surface area (Å²) in [5.74, 6) is -0.869. The summed E-state index contributed by atoms with van der Waals surface area (Å²) in [7, 11) is 5.53. The largest absolute Gasteiger partial charge is 0.480 e. The predicted octanol–water partition coefficient (Wildman–Crippen LogP) is -0.181. The second-order valence-electron chi connectivity index (χ2n) is 5.96. The summed E-state index contributed by atoms with van der Waals surface area (Å²) in [6.45, 7) is 3.21. The van der Waals surface area contributed by atoms with Crippen molar-refractivity contribution in [3.05, 3.63) is 0 Å². The van der Waals surface area contributed by atoms with E-state index in [0.29, 0.717) is 18.9 Å². The molecule has 0 aromatic heterocycles. The van der Waals surface area contributed by atoms with Gasteiger partial charge in [-0.3, -0.25) is 9.69 Å². The van der Waals surface area contributed by atoms with E-state index in [9.17, 15) is 9.90 Å². The van der Waals surface area contributed by atoms with E-state index >= 15 is 0 Å². The molecule has 0 amide bonds. The topological polar surface area (TPSA) is 78.6 Å². The first kappa shape index (κ1) is 14.8. The number of nitrogens with two attached hydrogens (primary N) is 1. The zero-order chi connectivity index (χ0) is 13.9. The molecule has 6 heteroatoms. The molecule has 2 radical (unpaired) electrons. The Hall–Kier alpha value is -0.585.